The number of ether oxygens (including phenoxy) is 1. The van der Waals surface area contributed by atoms with Gasteiger partial charge in [-0.3, -0.25) is 4.79 Å². The number of carbonyl (C=O) groups excluding carboxylic acids is 1. The van der Waals surface area contributed by atoms with Gasteiger partial charge in [0.05, 0.1) is 25.3 Å². The number of amides is 1. The molecule has 2 atom stereocenters. The maximum atomic E-state index is 12.6. The van der Waals surface area contributed by atoms with E-state index in [1.54, 1.807) is 31.3 Å². The fourth-order valence-corrected chi connectivity index (χ4v) is 4.90. The van der Waals surface area contributed by atoms with E-state index in [4.69, 9.17) is 9.15 Å². The van der Waals surface area contributed by atoms with E-state index in [9.17, 15) is 4.79 Å². The minimum Gasteiger partial charge on any atom is -0.496 e. The second kappa shape index (κ2) is 10.5. The van der Waals surface area contributed by atoms with Gasteiger partial charge in [0.1, 0.15) is 11.5 Å². The Bertz CT molecular complexity index is 1130. The van der Waals surface area contributed by atoms with Crippen molar-refractivity contribution in [3.8, 4) is 5.75 Å². The van der Waals surface area contributed by atoms with E-state index in [-0.39, 0.29) is 23.2 Å². The van der Waals surface area contributed by atoms with Gasteiger partial charge in [-0.2, -0.15) is 5.10 Å². The van der Waals surface area contributed by atoms with E-state index in [0.717, 1.165) is 40.6 Å². The van der Waals surface area contributed by atoms with Crippen LogP contribution in [0.15, 0.2) is 70.4 Å². The Morgan fingerprint density at radius 3 is 2.65 bits per heavy atom. The summed E-state index contributed by atoms with van der Waals surface area (Å²) in [6, 6.07) is 18.4. The molecule has 34 heavy (non-hydrogen) atoms. The molecule has 1 saturated carbocycles. The van der Waals surface area contributed by atoms with Crippen LogP contribution in [0, 0.1) is 5.92 Å². The summed E-state index contributed by atoms with van der Waals surface area (Å²) in [6.45, 7) is 6.62. The number of hydrogen-bond acceptors (Lipinski definition) is 5. The van der Waals surface area contributed by atoms with E-state index >= 15 is 0 Å². The summed E-state index contributed by atoms with van der Waals surface area (Å²) in [5.41, 5.74) is 7.38. The van der Waals surface area contributed by atoms with Gasteiger partial charge < -0.3 is 9.15 Å². The molecule has 1 fully saturated rings. The van der Waals surface area contributed by atoms with Crippen molar-refractivity contribution in [3.63, 3.8) is 0 Å². The number of benzene rings is 2. The lowest BCUT2D eigenvalue weighted by atomic mass is 9.86. The average Bonchev–Trinajstić information content (AvgIpc) is 3.46. The summed E-state index contributed by atoms with van der Waals surface area (Å²) in [5.74, 6) is 3.62. The van der Waals surface area contributed by atoms with Crippen molar-refractivity contribution in [2.75, 3.05) is 7.11 Å². The summed E-state index contributed by atoms with van der Waals surface area (Å²) in [5, 5.41) is 4.21. The second-order valence-electron chi connectivity index (χ2n) is 9.70. The molecule has 5 nitrogen and oxygen atoms in total. The summed E-state index contributed by atoms with van der Waals surface area (Å²) in [4.78, 5) is 12.6. The zero-order valence-corrected chi connectivity index (χ0v) is 21.0. The van der Waals surface area contributed by atoms with Crippen LogP contribution in [0.25, 0.3) is 0 Å². The molecule has 0 spiro atoms. The maximum absolute atomic E-state index is 12.6. The molecule has 2 aromatic carbocycles. The van der Waals surface area contributed by atoms with E-state index in [1.807, 2.05) is 30.3 Å². The Morgan fingerprint density at radius 2 is 1.97 bits per heavy atom. The molecule has 1 N–H and O–H groups in total. The number of nitrogens with one attached hydrogen (secondary N) is 1. The third-order valence-corrected chi connectivity index (χ3v) is 7.11. The van der Waals surface area contributed by atoms with Gasteiger partial charge in [0.15, 0.2) is 0 Å². The minimum absolute atomic E-state index is 0.0120. The highest BCUT2D eigenvalue weighted by molar-refractivity contribution is 7.97. The monoisotopic (exact) mass is 476 g/mol. The summed E-state index contributed by atoms with van der Waals surface area (Å²) < 4.78 is 10.9. The molecule has 6 heteroatoms. The van der Waals surface area contributed by atoms with Crippen molar-refractivity contribution in [2.24, 2.45) is 11.0 Å². The number of hydrazone groups is 1. The molecule has 1 aromatic heterocycles. The van der Waals surface area contributed by atoms with Gasteiger partial charge >= 0.3 is 0 Å². The molecule has 178 valence electrons. The van der Waals surface area contributed by atoms with Crippen LogP contribution in [0.5, 0.6) is 5.75 Å². The summed E-state index contributed by atoms with van der Waals surface area (Å²) >= 11 is 1.76. The smallest absolute Gasteiger partial charge is 0.243 e. The Balaban J connectivity index is 1.30. The highest BCUT2D eigenvalue weighted by atomic mass is 32.2. The van der Waals surface area contributed by atoms with Crippen LogP contribution in [0.4, 0.5) is 0 Å². The van der Waals surface area contributed by atoms with Gasteiger partial charge in [-0.15, -0.1) is 11.8 Å². The van der Waals surface area contributed by atoms with E-state index in [1.165, 1.54) is 11.1 Å². The predicted octanol–water partition coefficient (Wildman–Crippen LogP) is 6.27. The van der Waals surface area contributed by atoms with Gasteiger partial charge in [0.2, 0.25) is 5.91 Å². The van der Waals surface area contributed by atoms with Crippen molar-refractivity contribution >= 4 is 23.9 Å². The SMILES string of the molecule is COc1ccc(/C=N\NC(=O)C2CC2c2ccc(C(C)(C)C)cc2)cc1CSCc1ccco1. The standard InChI is InChI=1S/C28H32N2O3S/c1-28(2,3)22-10-8-20(9-11-22)24-15-25(24)27(31)30-29-16-19-7-12-26(32-4)21(14-19)17-34-18-23-6-5-13-33-23/h5-14,16,24-25H,15,17-18H2,1-4H3,(H,30,31)/b29-16-. The molecule has 0 bridgehead atoms. The van der Waals surface area contributed by atoms with Gasteiger partial charge in [-0.25, -0.2) is 5.43 Å². The van der Waals surface area contributed by atoms with Crippen molar-refractivity contribution in [1.29, 1.82) is 0 Å². The van der Waals surface area contributed by atoms with E-state index < -0.39 is 0 Å². The molecular weight excluding hydrogens is 444 g/mol. The molecule has 0 saturated heterocycles. The Kier molecular flexibility index (Phi) is 7.47. The lowest BCUT2D eigenvalue weighted by Gasteiger charge is -2.19. The van der Waals surface area contributed by atoms with E-state index in [2.05, 4.69) is 55.6 Å². The van der Waals surface area contributed by atoms with Crippen LogP contribution in [0.1, 0.15) is 61.1 Å². The average molecular weight is 477 g/mol. The minimum atomic E-state index is -0.0242. The maximum Gasteiger partial charge on any atom is 0.243 e. The molecule has 1 aliphatic carbocycles. The number of carbonyl (C=O) groups is 1. The van der Waals surface area contributed by atoms with Gasteiger partial charge in [0.25, 0.3) is 0 Å². The van der Waals surface area contributed by atoms with Crippen molar-refractivity contribution in [2.45, 2.75) is 50.0 Å². The van der Waals surface area contributed by atoms with Crippen molar-refractivity contribution < 1.29 is 13.9 Å². The molecule has 0 radical (unpaired) electrons. The highest BCUT2D eigenvalue weighted by Gasteiger charge is 2.44. The predicted molar refractivity (Wildman–Crippen MR) is 138 cm³/mol. The lowest BCUT2D eigenvalue weighted by Crippen LogP contribution is -2.20. The third-order valence-electron chi connectivity index (χ3n) is 6.11. The van der Waals surface area contributed by atoms with Crippen LogP contribution < -0.4 is 10.2 Å². The first-order chi connectivity index (χ1) is 16.3. The fraction of sp³-hybridized carbons (Fsp3) is 0.357. The number of hydrogen-bond donors (Lipinski definition) is 1. The first-order valence-corrected chi connectivity index (χ1v) is 12.7. The van der Waals surface area contributed by atoms with Crippen LogP contribution in [0.3, 0.4) is 0 Å². The zero-order valence-electron chi connectivity index (χ0n) is 20.2. The van der Waals surface area contributed by atoms with Crippen LogP contribution in [-0.4, -0.2) is 19.2 Å². The molecular formula is C28H32N2O3S. The number of thioether (sulfide) groups is 1. The molecule has 4 rings (SSSR count). The van der Waals surface area contributed by atoms with Crippen LogP contribution >= 0.6 is 11.8 Å². The fourth-order valence-electron chi connectivity index (χ4n) is 3.98. The van der Waals surface area contributed by atoms with Crippen LogP contribution in [0.2, 0.25) is 0 Å². The summed E-state index contributed by atoms with van der Waals surface area (Å²) in [7, 11) is 1.67. The number of furan rings is 1. The Labute approximate surface area is 206 Å². The number of nitrogens with zero attached hydrogens (tertiary/aromatic N) is 1. The highest BCUT2D eigenvalue weighted by Crippen LogP contribution is 2.47. The molecule has 1 heterocycles. The van der Waals surface area contributed by atoms with E-state index in [0.29, 0.717) is 0 Å². The molecule has 1 amide bonds. The van der Waals surface area contributed by atoms with Crippen molar-refractivity contribution in [3.05, 3.63) is 88.9 Å². The molecule has 1 aliphatic rings. The topological polar surface area (TPSA) is 63.8 Å². The molecule has 2 unspecified atom stereocenters. The quantitative estimate of drug-likeness (QED) is 0.292. The van der Waals surface area contributed by atoms with Crippen molar-refractivity contribution in [1.82, 2.24) is 5.43 Å². The lowest BCUT2D eigenvalue weighted by molar-refractivity contribution is -0.122. The normalized spacial score (nSPS) is 17.6. The largest absolute Gasteiger partial charge is 0.496 e. The number of methoxy groups -OCH3 is 1. The Morgan fingerprint density at radius 1 is 1.18 bits per heavy atom. The number of rotatable bonds is 9. The molecule has 0 aliphatic heterocycles. The van der Waals surface area contributed by atoms with Crippen LogP contribution in [-0.2, 0) is 21.7 Å². The Hall–Kier alpha value is -2.99. The van der Waals surface area contributed by atoms with Gasteiger partial charge in [-0.05, 0) is 64.8 Å². The first-order valence-electron chi connectivity index (χ1n) is 11.6. The van der Waals surface area contributed by atoms with Gasteiger partial charge in [-0.1, -0.05) is 45.0 Å². The second-order valence-corrected chi connectivity index (χ2v) is 10.7. The van der Waals surface area contributed by atoms with Gasteiger partial charge in [0, 0.05) is 17.2 Å². The summed E-state index contributed by atoms with van der Waals surface area (Å²) in [6.07, 6.45) is 4.25. The first kappa shape index (κ1) is 24.1. The zero-order chi connectivity index (χ0) is 24.1. The molecule has 3 aromatic rings. The third kappa shape index (κ3) is 6.11.